The summed E-state index contributed by atoms with van der Waals surface area (Å²) in [6.07, 6.45) is 0. The molecule has 3 aromatic rings. The molecule has 0 amide bonds. The Balaban J connectivity index is 2.35. The van der Waals surface area contributed by atoms with E-state index in [-0.39, 0.29) is 17.8 Å². The Morgan fingerprint density at radius 3 is 2.74 bits per heavy atom. The van der Waals surface area contributed by atoms with Crippen molar-refractivity contribution >= 4 is 17.0 Å². The molecule has 3 rings (SSSR count). The van der Waals surface area contributed by atoms with Gasteiger partial charge >= 0.3 is 0 Å². The van der Waals surface area contributed by atoms with E-state index in [0.717, 1.165) is 5.52 Å². The van der Waals surface area contributed by atoms with Gasteiger partial charge in [0.15, 0.2) is 17.5 Å². The van der Waals surface area contributed by atoms with Crippen molar-refractivity contribution in [2.45, 2.75) is 19.9 Å². The topological polar surface area (TPSA) is 85.4 Å². The van der Waals surface area contributed by atoms with Crippen LogP contribution in [0.15, 0.2) is 18.2 Å². The van der Waals surface area contributed by atoms with Gasteiger partial charge in [-0.05, 0) is 26.0 Å². The van der Waals surface area contributed by atoms with E-state index < -0.39 is 0 Å². The summed E-state index contributed by atoms with van der Waals surface area (Å²) in [5.74, 6) is 0.740. The number of para-hydroxylation sites is 1. The fourth-order valence-electron chi connectivity index (χ4n) is 2.15. The maximum absolute atomic E-state index is 13.8. The summed E-state index contributed by atoms with van der Waals surface area (Å²) in [7, 11) is 0. The third-order valence-electron chi connectivity index (χ3n) is 2.90. The number of aromatic amines is 1. The molecule has 0 unspecified atom stereocenters. The monoisotopic (exact) mass is 260 g/mol. The molecule has 19 heavy (non-hydrogen) atoms. The Labute approximate surface area is 108 Å². The molecule has 0 spiro atoms. The zero-order chi connectivity index (χ0) is 13.6. The summed E-state index contributed by atoms with van der Waals surface area (Å²) < 4.78 is 15.7. The summed E-state index contributed by atoms with van der Waals surface area (Å²) in [5, 5.41) is 6.49. The Morgan fingerprint density at radius 2 is 2.11 bits per heavy atom. The van der Waals surface area contributed by atoms with Gasteiger partial charge in [0.2, 0.25) is 5.95 Å². The number of halogens is 1. The van der Waals surface area contributed by atoms with Crippen molar-refractivity contribution in [2.75, 3.05) is 5.73 Å². The van der Waals surface area contributed by atoms with Crippen LogP contribution in [0.1, 0.15) is 19.9 Å². The Kier molecular flexibility index (Phi) is 2.48. The number of H-pyrrole nitrogens is 1. The van der Waals surface area contributed by atoms with Gasteiger partial charge in [0.1, 0.15) is 5.52 Å². The lowest BCUT2D eigenvalue weighted by Gasteiger charge is -2.11. The van der Waals surface area contributed by atoms with Crippen LogP contribution >= 0.6 is 0 Å². The molecule has 7 heteroatoms. The molecule has 1 aromatic carbocycles. The quantitative estimate of drug-likeness (QED) is 0.739. The first-order valence-corrected chi connectivity index (χ1v) is 5.92. The van der Waals surface area contributed by atoms with E-state index in [0.29, 0.717) is 17.2 Å². The van der Waals surface area contributed by atoms with E-state index >= 15 is 0 Å². The summed E-state index contributed by atoms with van der Waals surface area (Å²) in [5.41, 5.74) is 6.54. The van der Waals surface area contributed by atoms with E-state index in [9.17, 15) is 4.39 Å². The molecule has 0 aliphatic heterocycles. The van der Waals surface area contributed by atoms with Crippen molar-refractivity contribution in [1.29, 1.82) is 0 Å². The highest BCUT2D eigenvalue weighted by atomic mass is 19.1. The van der Waals surface area contributed by atoms with Gasteiger partial charge in [-0.15, -0.1) is 5.10 Å². The van der Waals surface area contributed by atoms with E-state index in [1.54, 1.807) is 6.07 Å². The van der Waals surface area contributed by atoms with Gasteiger partial charge in [-0.2, -0.15) is 4.98 Å². The van der Waals surface area contributed by atoms with Crippen LogP contribution in [0.3, 0.4) is 0 Å². The number of anilines is 1. The number of fused-ring (bicyclic) bond motifs is 1. The van der Waals surface area contributed by atoms with Crippen molar-refractivity contribution in [1.82, 2.24) is 24.7 Å². The highest BCUT2D eigenvalue weighted by Crippen LogP contribution is 2.27. The highest BCUT2D eigenvalue weighted by molar-refractivity contribution is 5.80. The minimum atomic E-state index is -0.356. The number of benzene rings is 1. The molecule has 0 aliphatic carbocycles. The number of imidazole rings is 1. The molecule has 0 aliphatic rings. The molecule has 0 saturated heterocycles. The van der Waals surface area contributed by atoms with Gasteiger partial charge in [-0.1, -0.05) is 6.07 Å². The Hall–Kier alpha value is -2.44. The Morgan fingerprint density at radius 1 is 1.32 bits per heavy atom. The van der Waals surface area contributed by atoms with Gasteiger partial charge in [0.25, 0.3) is 0 Å². The number of aromatic nitrogens is 5. The summed E-state index contributed by atoms with van der Waals surface area (Å²) in [6, 6.07) is 4.98. The molecule has 2 heterocycles. The van der Waals surface area contributed by atoms with Crippen LogP contribution in [0.25, 0.3) is 22.7 Å². The van der Waals surface area contributed by atoms with E-state index in [4.69, 9.17) is 5.73 Å². The van der Waals surface area contributed by atoms with Crippen LogP contribution in [-0.2, 0) is 0 Å². The summed E-state index contributed by atoms with van der Waals surface area (Å²) >= 11 is 0. The molecule has 3 N–H and O–H groups in total. The Bertz CT molecular complexity index is 742. The number of nitrogens with one attached hydrogen (secondary N) is 1. The lowest BCUT2D eigenvalue weighted by Crippen LogP contribution is -2.04. The van der Waals surface area contributed by atoms with Gasteiger partial charge in [0.05, 0.1) is 5.52 Å². The second-order valence-corrected chi connectivity index (χ2v) is 4.55. The lowest BCUT2D eigenvalue weighted by atomic mass is 10.3. The maximum atomic E-state index is 13.8. The highest BCUT2D eigenvalue weighted by Gasteiger charge is 2.19. The number of hydrogen-bond acceptors (Lipinski definition) is 4. The first kappa shape index (κ1) is 11.6. The normalized spacial score (nSPS) is 11.6. The first-order chi connectivity index (χ1) is 9.08. The standard InChI is InChI=1S/C12H13FN6/c1-6(2)19-8-5-3-4-7(13)9(8)15-11(19)10-16-12(14)18-17-10/h3-6H,1-2H3,(H3,14,16,17,18). The third kappa shape index (κ3) is 1.74. The van der Waals surface area contributed by atoms with Crippen molar-refractivity contribution in [3.8, 4) is 11.6 Å². The van der Waals surface area contributed by atoms with Gasteiger partial charge < -0.3 is 10.3 Å². The smallest absolute Gasteiger partial charge is 0.239 e. The molecule has 6 nitrogen and oxygen atoms in total. The molecule has 0 radical (unpaired) electrons. The SMILES string of the molecule is CC(C)n1c(-c2nc(N)n[nH]2)nc2c(F)cccc21. The molecular formula is C12H13FN6. The molecule has 0 atom stereocenters. The van der Waals surface area contributed by atoms with Crippen molar-refractivity contribution in [3.63, 3.8) is 0 Å². The predicted molar refractivity (Wildman–Crippen MR) is 69.9 cm³/mol. The van der Waals surface area contributed by atoms with Crippen molar-refractivity contribution in [3.05, 3.63) is 24.0 Å². The van der Waals surface area contributed by atoms with Crippen LogP contribution in [0.4, 0.5) is 10.3 Å². The zero-order valence-corrected chi connectivity index (χ0v) is 10.6. The number of nitrogen functional groups attached to an aromatic ring is 1. The average Bonchev–Trinajstić information content (AvgIpc) is 2.93. The lowest BCUT2D eigenvalue weighted by molar-refractivity contribution is 0.621. The minimum absolute atomic E-state index is 0.105. The minimum Gasteiger partial charge on any atom is -0.366 e. The average molecular weight is 260 g/mol. The number of hydrogen-bond donors (Lipinski definition) is 2. The second-order valence-electron chi connectivity index (χ2n) is 4.55. The largest absolute Gasteiger partial charge is 0.366 e. The fraction of sp³-hybridized carbons (Fsp3) is 0.250. The molecular weight excluding hydrogens is 247 g/mol. The van der Waals surface area contributed by atoms with Crippen LogP contribution < -0.4 is 5.73 Å². The number of rotatable bonds is 2. The van der Waals surface area contributed by atoms with Gasteiger partial charge in [0, 0.05) is 6.04 Å². The van der Waals surface area contributed by atoms with Gasteiger partial charge in [-0.3, -0.25) is 5.10 Å². The van der Waals surface area contributed by atoms with E-state index in [2.05, 4.69) is 20.2 Å². The predicted octanol–water partition coefficient (Wildman–Crippen LogP) is 2.12. The molecule has 0 bridgehead atoms. The van der Waals surface area contributed by atoms with Crippen LogP contribution in [0.5, 0.6) is 0 Å². The van der Waals surface area contributed by atoms with Crippen molar-refractivity contribution in [2.24, 2.45) is 0 Å². The van der Waals surface area contributed by atoms with E-state index in [1.165, 1.54) is 6.07 Å². The van der Waals surface area contributed by atoms with Crippen LogP contribution in [0, 0.1) is 5.82 Å². The summed E-state index contributed by atoms with van der Waals surface area (Å²) in [4.78, 5) is 8.37. The molecule has 98 valence electrons. The first-order valence-electron chi connectivity index (χ1n) is 5.92. The fourth-order valence-corrected chi connectivity index (χ4v) is 2.15. The van der Waals surface area contributed by atoms with E-state index in [1.807, 2.05) is 24.5 Å². The molecule has 0 saturated carbocycles. The van der Waals surface area contributed by atoms with Gasteiger partial charge in [-0.25, -0.2) is 9.37 Å². The van der Waals surface area contributed by atoms with Crippen LogP contribution in [-0.4, -0.2) is 24.7 Å². The number of nitrogens with two attached hydrogens (primary N) is 1. The number of nitrogens with zero attached hydrogens (tertiary/aromatic N) is 4. The second kappa shape index (κ2) is 4.04. The summed E-state index contributed by atoms with van der Waals surface area (Å²) in [6.45, 7) is 3.99. The maximum Gasteiger partial charge on any atom is 0.239 e. The van der Waals surface area contributed by atoms with Crippen LogP contribution in [0.2, 0.25) is 0 Å². The third-order valence-corrected chi connectivity index (χ3v) is 2.90. The molecule has 2 aromatic heterocycles. The zero-order valence-electron chi connectivity index (χ0n) is 10.6. The van der Waals surface area contributed by atoms with Crippen molar-refractivity contribution < 1.29 is 4.39 Å². The molecule has 0 fully saturated rings.